The number of hydrogen-bond acceptors (Lipinski definition) is 4. The summed E-state index contributed by atoms with van der Waals surface area (Å²) in [7, 11) is 2.14. The number of likely N-dealkylation sites (N-methyl/N-ethyl adjacent to an activating group) is 1. The van der Waals surface area contributed by atoms with Gasteiger partial charge < -0.3 is 10.1 Å². The maximum atomic E-state index is 8.70. The lowest BCUT2D eigenvalue weighted by atomic mass is 10.2. The molecule has 1 atom stereocenters. The van der Waals surface area contributed by atoms with Gasteiger partial charge in [0.05, 0.1) is 11.6 Å². The van der Waals surface area contributed by atoms with Crippen molar-refractivity contribution in [3.63, 3.8) is 0 Å². The molecule has 2 rings (SSSR count). The molecule has 1 saturated heterocycles. The molecule has 1 aliphatic rings. The van der Waals surface area contributed by atoms with Crippen LogP contribution in [-0.2, 0) is 0 Å². The lowest BCUT2D eigenvalue weighted by Crippen LogP contribution is -2.36. The first-order chi connectivity index (χ1) is 8.79. The Hall–Kier alpha value is -1.57. The number of rotatable bonds is 5. The molecular weight excluding hydrogens is 226 g/mol. The van der Waals surface area contributed by atoms with Crippen LogP contribution in [0.25, 0.3) is 0 Å². The van der Waals surface area contributed by atoms with E-state index in [2.05, 4.69) is 23.3 Å². The molecule has 4 nitrogen and oxygen atoms in total. The molecular formula is C14H19N3O. The van der Waals surface area contributed by atoms with E-state index >= 15 is 0 Å². The molecule has 1 N–H and O–H groups in total. The van der Waals surface area contributed by atoms with Crippen LogP contribution in [0.2, 0.25) is 0 Å². The third-order valence-electron chi connectivity index (χ3n) is 3.35. The summed E-state index contributed by atoms with van der Waals surface area (Å²) >= 11 is 0. The van der Waals surface area contributed by atoms with Crippen molar-refractivity contribution in [2.24, 2.45) is 0 Å². The molecule has 0 aromatic heterocycles. The molecule has 1 aromatic carbocycles. The molecule has 96 valence electrons. The zero-order valence-corrected chi connectivity index (χ0v) is 10.7. The quantitative estimate of drug-likeness (QED) is 0.847. The normalized spacial score (nSPS) is 18.8. The fraction of sp³-hybridized carbons (Fsp3) is 0.500. The molecule has 0 saturated carbocycles. The van der Waals surface area contributed by atoms with E-state index in [-0.39, 0.29) is 0 Å². The third kappa shape index (κ3) is 3.46. The molecule has 1 aliphatic heterocycles. The van der Waals surface area contributed by atoms with Crippen LogP contribution < -0.4 is 10.1 Å². The first kappa shape index (κ1) is 12.9. The average Bonchev–Trinajstić information content (AvgIpc) is 2.93. The van der Waals surface area contributed by atoms with Crippen LogP contribution in [0.5, 0.6) is 5.75 Å². The molecule has 1 aromatic rings. The van der Waals surface area contributed by atoms with Crippen LogP contribution in [0.15, 0.2) is 24.3 Å². The van der Waals surface area contributed by atoms with Crippen LogP contribution in [0.4, 0.5) is 0 Å². The fourth-order valence-corrected chi connectivity index (χ4v) is 2.13. The van der Waals surface area contributed by atoms with Crippen LogP contribution in [-0.4, -0.2) is 44.2 Å². The number of nitrogens with one attached hydrogen (secondary N) is 1. The zero-order chi connectivity index (χ0) is 12.8. The molecule has 1 unspecified atom stereocenters. The topological polar surface area (TPSA) is 48.3 Å². The van der Waals surface area contributed by atoms with Gasteiger partial charge >= 0.3 is 0 Å². The van der Waals surface area contributed by atoms with Crippen molar-refractivity contribution in [3.8, 4) is 11.8 Å². The summed E-state index contributed by atoms with van der Waals surface area (Å²) in [6.07, 6.45) is 1.22. The van der Waals surface area contributed by atoms with Crippen molar-refractivity contribution in [2.75, 3.05) is 33.3 Å². The predicted molar refractivity (Wildman–Crippen MR) is 70.6 cm³/mol. The minimum Gasteiger partial charge on any atom is -0.492 e. The summed E-state index contributed by atoms with van der Waals surface area (Å²) in [5.74, 6) is 0.826. The van der Waals surface area contributed by atoms with Gasteiger partial charge in [0.25, 0.3) is 0 Å². The van der Waals surface area contributed by atoms with E-state index < -0.39 is 0 Å². The van der Waals surface area contributed by atoms with Gasteiger partial charge in [-0.3, -0.25) is 4.90 Å². The molecule has 0 aliphatic carbocycles. The Morgan fingerprint density at radius 2 is 2.22 bits per heavy atom. The number of benzene rings is 1. The Bertz CT molecular complexity index is 404. The standard InChI is InChI=1S/C14H19N3O/c1-17(13-6-7-16-11-13)8-9-18-14-4-2-12(10-15)3-5-14/h2-5,13,16H,6-9,11H2,1H3. The number of ether oxygens (including phenoxy) is 1. The fourth-order valence-electron chi connectivity index (χ4n) is 2.13. The molecule has 0 bridgehead atoms. The highest BCUT2D eigenvalue weighted by molar-refractivity contribution is 5.34. The lowest BCUT2D eigenvalue weighted by Gasteiger charge is -2.23. The van der Waals surface area contributed by atoms with Gasteiger partial charge in [0.15, 0.2) is 0 Å². The summed E-state index contributed by atoms with van der Waals surface area (Å²) in [6.45, 7) is 3.80. The highest BCUT2D eigenvalue weighted by Crippen LogP contribution is 2.12. The highest BCUT2D eigenvalue weighted by Gasteiger charge is 2.18. The number of nitrogens with zero attached hydrogens (tertiary/aromatic N) is 2. The summed E-state index contributed by atoms with van der Waals surface area (Å²) in [4.78, 5) is 2.34. The minimum atomic E-state index is 0.634. The van der Waals surface area contributed by atoms with Gasteiger partial charge in [-0.15, -0.1) is 0 Å². The molecule has 18 heavy (non-hydrogen) atoms. The Balaban J connectivity index is 1.72. The van der Waals surface area contributed by atoms with Gasteiger partial charge in [0, 0.05) is 19.1 Å². The molecule has 0 radical (unpaired) electrons. The van der Waals surface area contributed by atoms with E-state index in [1.54, 1.807) is 12.1 Å². The third-order valence-corrected chi connectivity index (χ3v) is 3.35. The lowest BCUT2D eigenvalue weighted by molar-refractivity contribution is 0.199. The molecule has 4 heteroatoms. The second kappa shape index (κ2) is 6.39. The second-order valence-electron chi connectivity index (χ2n) is 4.61. The summed E-state index contributed by atoms with van der Waals surface area (Å²) in [6, 6.07) is 9.97. The van der Waals surface area contributed by atoms with Gasteiger partial charge in [-0.2, -0.15) is 5.26 Å². The Labute approximate surface area is 108 Å². The summed E-state index contributed by atoms with van der Waals surface area (Å²) in [5.41, 5.74) is 0.663. The zero-order valence-electron chi connectivity index (χ0n) is 10.7. The van der Waals surface area contributed by atoms with Crippen LogP contribution in [0.1, 0.15) is 12.0 Å². The van der Waals surface area contributed by atoms with Crippen molar-refractivity contribution >= 4 is 0 Å². The van der Waals surface area contributed by atoms with Crippen LogP contribution in [0, 0.1) is 11.3 Å². The van der Waals surface area contributed by atoms with Crippen LogP contribution >= 0.6 is 0 Å². The van der Waals surface area contributed by atoms with Crippen molar-refractivity contribution in [1.29, 1.82) is 5.26 Å². The largest absolute Gasteiger partial charge is 0.492 e. The van der Waals surface area contributed by atoms with Gasteiger partial charge in [0.2, 0.25) is 0 Å². The van der Waals surface area contributed by atoms with E-state index in [4.69, 9.17) is 10.00 Å². The molecule has 1 heterocycles. The first-order valence-corrected chi connectivity index (χ1v) is 6.33. The Morgan fingerprint density at radius 1 is 1.44 bits per heavy atom. The van der Waals surface area contributed by atoms with Crippen molar-refractivity contribution in [1.82, 2.24) is 10.2 Å². The molecule has 0 amide bonds. The highest BCUT2D eigenvalue weighted by atomic mass is 16.5. The maximum absolute atomic E-state index is 8.70. The van der Waals surface area contributed by atoms with Gasteiger partial charge in [-0.25, -0.2) is 0 Å². The van der Waals surface area contributed by atoms with E-state index in [1.165, 1.54) is 6.42 Å². The molecule has 0 spiro atoms. The van der Waals surface area contributed by atoms with Crippen LogP contribution in [0.3, 0.4) is 0 Å². The monoisotopic (exact) mass is 245 g/mol. The summed E-state index contributed by atoms with van der Waals surface area (Å²) in [5, 5.41) is 12.1. The SMILES string of the molecule is CN(CCOc1ccc(C#N)cc1)C1CCNC1. The Kier molecular flexibility index (Phi) is 4.57. The van der Waals surface area contributed by atoms with Crippen molar-refractivity contribution < 1.29 is 4.74 Å². The van der Waals surface area contributed by atoms with E-state index in [9.17, 15) is 0 Å². The smallest absolute Gasteiger partial charge is 0.119 e. The van der Waals surface area contributed by atoms with Gasteiger partial charge in [0.1, 0.15) is 12.4 Å². The minimum absolute atomic E-state index is 0.634. The second-order valence-corrected chi connectivity index (χ2v) is 4.61. The number of hydrogen-bond donors (Lipinski definition) is 1. The van der Waals surface area contributed by atoms with E-state index in [0.717, 1.165) is 25.4 Å². The van der Waals surface area contributed by atoms with E-state index in [0.29, 0.717) is 18.2 Å². The van der Waals surface area contributed by atoms with Gasteiger partial charge in [-0.1, -0.05) is 0 Å². The maximum Gasteiger partial charge on any atom is 0.119 e. The van der Waals surface area contributed by atoms with Crippen molar-refractivity contribution in [2.45, 2.75) is 12.5 Å². The van der Waals surface area contributed by atoms with Crippen molar-refractivity contribution in [3.05, 3.63) is 29.8 Å². The van der Waals surface area contributed by atoms with Gasteiger partial charge in [-0.05, 0) is 44.3 Å². The average molecular weight is 245 g/mol. The first-order valence-electron chi connectivity index (χ1n) is 6.33. The number of nitriles is 1. The predicted octanol–water partition coefficient (Wildman–Crippen LogP) is 1.23. The van der Waals surface area contributed by atoms with E-state index in [1.807, 2.05) is 12.1 Å². The Morgan fingerprint density at radius 3 is 2.83 bits per heavy atom. The summed E-state index contributed by atoms with van der Waals surface area (Å²) < 4.78 is 5.66. The molecule has 1 fully saturated rings.